The Morgan fingerprint density at radius 3 is 1.02 bits per heavy atom. The van der Waals surface area contributed by atoms with E-state index in [4.69, 9.17) is 14.2 Å². The van der Waals surface area contributed by atoms with Gasteiger partial charge < -0.3 is 30.2 Å². The zero-order valence-corrected chi connectivity index (χ0v) is 35.2. The van der Waals surface area contributed by atoms with Crippen molar-refractivity contribution in [3.05, 3.63) is 67.2 Å². The van der Waals surface area contributed by atoms with E-state index in [1.54, 1.807) is 0 Å². The fourth-order valence-corrected chi connectivity index (χ4v) is 7.66. The first-order valence-electron chi connectivity index (χ1n) is 19.6. The van der Waals surface area contributed by atoms with E-state index in [2.05, 4.69) is 34.2 Å². The van der Waals surface area contributed by atoms with Crippen LogP contribution in [0.2, 0.25) is 0 Å². The molecule has 0 aromatic rings. The number of nitrogens with one attached hydrogen (secondary N) is 3. The lowest BCUT2D eigenvalue weighted by molar-refractivity contribution is -0.0573. The fourth-order valence-electron chi connectivity index (χ4n) is 7.66. The quantitative estimate of drug-likeness (QED) is 0.112. The first-order chi connectivity index (χ1) is 28.6. The standard InChI is InChI=1S/C45H50N12O3/c1-43(2)13-34(30(19-46)20-47)37(25-52)40(16-43)55-7-10-58-28-33(60-12-9-57-42-18-45(5,6)15-36(39(42)27-54)32(23-50)24-51)29-59-11-8-56-41-17-44(3,4)14-35(38(41)26-53)31(21-48)22-49/h33,55-57H,7-18,28-29H2,1-6H3. The summed E-state index contributed by atoms with van der Waals surface area (Å²) in [5, 5.41) is 96.9. The molecule has 0 amide bonds. The van der Waals surface area contributed by atoms with E-state index in [0.29, 0.717) is 109 Å². The predicted molar refractivity (Wildman–Crippen MR) is 217 cm³/mol. The normalized spacial score (nSPS) is 17.6. The second-order valence-electron chi connectivity index (χ2n) is 17.1. The molecule has 3 N–H and O–H groups in total. The highest BCUT2D eigenvalue weighted by Crippen LogP contribution is 2.44. The molecular formula is C45H50N12O3. The summed E-state index contributed by atoms with van der Waals surface area (Å²) in [6.07, 6.45) is 2.39. The Morgan fingerprint density at radius 1 is 0.467 bits per heavy atom. The molecule has 3 aliphatic rings. The summed E-state index contributed by atoms with van der Waals surface area (Å²) in [5.41, 5.74) is 3.04. The Balaban J connectivity index is 1.71. The van der Waals surface area contributed by atoms with Crippen molar-refractivity contribution in [3.63, 3.8) is 0 Å². The molecule has 3 rings (SSSR count). The van der Waals surface area contributed by atoms with Crippen molar-refractivity contribution < 1.29 is 14.2 Å². The van der Waals surface area contributed by atoms with E-state index >= 15 is 0 Å². The maximum absolute atomic E-state index is 9.99. The zero-order valence-electron chi connectivity index (χ0n) is 35.2. The summed E-state index contributed by atoms with van der Waals surface area (Å²) in [6.45, 7) is 14.0. The van der Waals surface area contributed by atoms with Crippen molar-refractivity contribution in [1.82, 2.24) is 16.0 Å². The molecule has 0 atom stereocenters. The van der Waals surface area contributed by atoms with Crippen LogP contribution in [0.4, 0.5) is 0 Å². The smallest absolute Gasteiger partial charge is 0.134 e. The molecule has 15 nitrogen and oxygen atoms in total. The van der Waals surface area contributed by atoms with Gasteiger partial charge in [0.2, 0.25) is 0 Å². The van der Waals surface area contributed by atoms with Gasteiger partial charge in [-0.2, -0.15) is 47.4 Å². The summed E-state index contributed by atoms with van der Waals surface area (Å²) in [4.78, 5) is 0. The molecule has 0 spiro atoms. The SMILES string of the molecule is CC1(C)CC(NCCOCC(COCCNC2=C(C#N)C(=C(C#N)C#N)CC(C)(C)C2)OCCNC2=C(C#N)C(=C(C#N)C#N)CC(C)(C)C2)=C(C#N)C(=C(C#N)C#N)C1. The largest absolute Gasteiger partial charge is 0.385 e. The Bertz CT molecular complexity index is 2120. The van der Waals surface area contributed by atoms with Crippen LogP contribution in [-0.2, 0) is 14.2 Å². The van der Waals surface area contributed by atoms with Gasteiger partial charge in [0.1, 0.15) is 77.4 Å². The third kappa shape index (κ3) is 12.8. The molecule has 0 saturated carbocycles. The van der Waals surface area contributed by atoms with Crippen LogP contribution in [-0.4, -0.2) is 58.8 Å². The van der Waals surface area contributed by atoms with Crippen molar-refractivity contribution in [2.75, 3.05) is 52.7 Å². The highest BCUT2D eigenvalue weighted by molar-refractivity contribution is 5.59. The topological polar surface area (TPSA) is 278 Å². The van der Waals surface area contributed by atoms with Crippen molar-refractivity contribution >= 4 is 0 Å². The molecule has 0 bridgehead atoms. The molecule has 0 unspecified atom stereocenters. The van der Waals surface area contributed by atoms with Crippen LogP contribution in [0.1, 0.15) is 80.1 Å². The number of ether oxygens (including phenoxy) is 3. The van der Waals surface area contributed by atoms with E-state index in [0.717, 1.165) is 0 Å². The summed E-state index contributed by atoms with van der Waals surface area (Å²) in [7, 11) is 0. The maximum Gasteiger partial charge on any atom is 0.134 e. The van der Waals surface area contributed by atoms with Crippen LogP contribution in [0, 0.1) is 118 Å². The number of rotatable bonds is 17. The van der Waals surface area contributed by atoms with E-state index in [1.807, 2.05) is 78.0 Å². The average molecular weight is 807 g/mol. The van der Waals surface area contributed by atoms with Crippen LogP contribution < -0.4 is 16.0 Å². The van der Waals surface area contributed by atoms with Gasteiger partial charge in [-0.3, -0.25) is 0 Å². The molecule has 308 valence electrons. The fraction of sp³-hybridized carbons (Fsp3) is 0.533. The molecule has 0 fully saturated rings. The molecule has 0 aromatic heterocycles. The minimum absolute atomic E-state index is 0.0728. The second kappa shape index (κ2) is 21.8. The van der Waals surface area contributed by atoms with Gasteiger partial charge in [0.25, 0.3) is 0 Å². The van der Waals surface area contributed by atoms with Crippen LogP contribution in [0.15, 0.2) is 67.2 Å². The average Bonchev–Trinajstić information content (AvgIpc) is 3.19. The van der Waals surface area contributed by atoms with Gasteiger partial charge in [0.15, 0.2) is 0 Å². The van der Waals surface area contributed by atoms with Gasteiger partial charge in [0.05, 0.1) is 49.8 Å². The first-order valence-corrected chi connectivity index (χ1v) is 19.6. The number of hydrogen-bond acceptors (Lipinski definition) is 15. The minimum Gasteiger partial charge on any atom is -0.385 e. The minimum atomic E-state index is -0.532. The van der Waals surface area contributed by atoms with Crippen molar-refractivity contribution in [2.45, 2.75) is 86.2 Å². The van der Waals surface area contributed by atoms with Gasteiger partial charge in [-0.05, 0) is 54.8 Å². The molecule has 60 heavy (non-hydrogen) atoms. The summed E-state index contributed by atoms with van der Waals surface area (Å²) < 4.78 is 18.2. The molecular weight excluding hydrogens is 757 g/mol. The number of hydrogen-bond donors (Lipinski definition) is 3. The molecule has 0 saturated heterocycles. The van der Waals surface area contributed by atoms with Gasteiger partial charge in [-0.1, -0.05) is 41.5 Å². The maximum atomic E-state index is 9.99. The third-order valence-electron chi connectivity index (χ3n) is 10.2. The molecule has 15 heteroatoms. The molecule has 0 aliphatic heterocycles. The molecule has 0 heterocycles. The Labute approximate surface area is 353 Å². The monoisotopic (exact) mass is 806 g/mol. The summed E-state index contributed by atoms with van der Waals surface area (Å²) in [6, 6.07) is 18.0. The highest BCUT2D eigenvalue weighted by Gasteiger charge is 2.35. The highest BCUT2D eigenvalue weighted by atomic mass is 16.6. The Morgan fingerprint density at radius 2 is 0.750 bits per heavy atom. The second-order valence-corrected chi connectivity index (χ2v) is 17.1. The van der Waals surface area contributed by atoms with Gasteiger partial charge >= 0.3 is 0 Å². The number of allylic oxidation sites excluding steroid dienone is 12. The molecule has 0 aromatic carbocycles. The van der Waals surface area contributed by atoms with E-state index in [-0.39, 0.29) is 66.0 Å². The van der Waals surface area contributed by atoms with E-state index in [9.17, 15) is 47.4 Å². The van der Waals surface area contributed by atoms with Gasteiger partial charge in [0, 0.05) is 53.4 Å². The summed E-state index contributed by atoms with van der Waals surface area (Å²) >= 11 is 0. The number of nitrogens with zero attached hydrogens (tertiary/aromatic N) is 9. The molecule has 3 aliphatic carbocycles. The summed E-state index contributed by atoms with van der Waals surface area (Å²) in [5.74, 6) is 0. The van der Waals surface area contributed by atoms with Crippen LogP contribution in [0.25, 0.3) is 0 Å². The van der Waals surface area contributed by atoms with Crippen molar-refractivity contribution in [3.8, 4) is 54.6 Å². The Kier molecular flexibility index (Phi) is 17.2. The van der Waals surface area contributed by atoms with E-state index in [1.165, 1.54) is 0 Å². The van der Waals surface area contributed by atoms with Gasteiger partial charge in [-0.15, -0.1) is 0 Å². The van der Waals surface area contributed by atoms with E-state index < -0.39 is 6.10 Å². The predicted octanol–water partition coefficient (Wildman–Crippen LogP) is 6.00. The van der Waals surface area contributed by atoms with Crippen LogP contribution >= 0.6 is 0 Å². The zero-order chi connectivity index (χ0) is 44.5. The van der Waals surface area contributed by atoms with Gasteiger partial charge in [-0.25, -0.2) is 0 Å². The lowest BCUT2D eigenvalue weighted by Gasteiger charge is -2.33. The number of nitriles is 9. The van der Waals surface area contributed by atoms with Crippen molar-refractivity contribution in [1.29, 1.82) is 47.4 Å². The van der Waals surface area contributed by atoms with Crippen LogP contribution in [0.3, 0.4) is 0 Å². The van der Waals surface area contributed by atoms with Crippen molar-refractivity contribution in [2.24, 2.45) is 16.2 Å². The third-order valence-corrected chi connectivity index (χ3v) is 10.2. The first kappa shape index (κ1) is 47.5. The van der Waals surface area contributed by atoms with Crippen LogP contribution in [0.5, 0.6) is 0 Å². The lowest BCUT2D eigenvalue weighted by Crippen LogP contribution is -2.34. The molecule has 0 radical (unpaired) electrons. The Hall–Kier alpha value is -6.87. The lowest BCUT2D eigenvalue weighted by atomic mass is 9.73.